The van der Waals surface area contributed by atoms with Crippen LogP contribution in [0.3, 0.4) is 0 Å². The fourth-order valence-electron chi connectivity index (χ4n) is 1.35. The van der Waals surface area contributed by atoms with Crippen LogP contribution in [0.5, 0.6) is 0 Å². The van der Waals surface area contributed by atoms with Crippen molar-refractivity contribution < 1.29 is 0 Å². The zero-order valence-electron chi connectivity index (χ0n) is 9.27. The molecule has 0 amide bonds. The van der Waals surface area contributed by atoms with Crippen LogP contribution in [0.2, 0.25) is 0 Å². The van der Waals surface area contributed by atoms with Crippen molar-refractivity contribution in [2.24, 2.45) is 0 Å². The molecule has 0 aromatic carbocycles. The fourth-order valence-corrected chi connectivity index (χ4v) is 2.22. The smallest absolute Gasteiger partial charge is 0.265 e. The molecule has 2 aromatic heterocycles. The van der Waals surface area contributed by atoms with E-state index in [4.69, 9.17) is 0 Å². The van der Waals surface area contributed by atoms with Gasteiger partial charge in [0.05, 0.1) is 6.54 Å². The van der Waals surface area contributed by atoms with Gasteiger partial charge >= 0.3 is 0 Å². The van der Waals surface area contributed by atoms with E-state index in [1.807, 2.05) is 6.92 Å². The van der Waals surface area contributed by atoms with Crippen LogP contribution < -0.4 is 16.4 Å². The predicted octanol–water partition coefficient (Wildman–Crippen LogP) is 0.473. The zero-order chi connectivity index (χ0) is 12.3. The van der Waals surface area contributed by atoms with Gasteiger partial charge < -0.3 is 5.32 Å². The molecule has 0 fully saturated rings. The minimum Gasteiger partial charge on any atom is -0.362 e. The Labute approximate surface area is 101 Å². The normalized spacial score (nSPS) is 10.4. The maximum Gasteiger partial charge on any atom is 0.265 e. The monoisotopic (exact) mass is 252 g/mol. The van der Waals surface area contributed by atoms with Crippen LogP contribution in [0.15, 0.2) is 27.9 Å². The summed E-state index contributed by atoms with van der Waals surface area (Å²) >= 11 is 1.46. The molecule has 0 bridgehead atoms. The molecule has 0 aliphatic heterocycles. The largest absolute Gasteiger partial charge is 0.362 e. The molecule has 17 heavy (non-hydrogen) atoms. The lowest BCUT2D eigenvalue weighted by Gasteiger charge is -2.01. The van der Waals surface area contributed by atoms with E-state index in [9.17, 15) is 9.59 Å². The summed E-state index contributed by atoms with van der Waals surface area (Å²) in [7, 11) is 0. The number of hydrogen-bond donors (Lipinski definition) is 2. The summed E-state index contributed by atoms with van der Waals surface area (Å²) in [6, 6.07) is 2.47. The summed E-state index contributed by atoms with van der Waals surface area (Å²) in [4.78, 5) is 27.6. The number of aromatic amines is 1. The second-order valence-electron chi connectivity index (χ2n) is 3.40. The number of aromatic nitrogens is 3. The molecular formula is C10H12N4O2S. The highest BCUT2D eigenvalue weighted by atomic mass is 32.1. The van der Waals surface area contributed by atoms with Gasteiger partial charge in [0.15, 0.2) is 5.13 Å². The third-order valence-corrected chi connectivity index (χ3v) is 3.02. The van der Waals surface area contributed by atoms with Crippen molar-refractivity contribution in [3.63, 3.8) is 0 Å². The number of nitrogens with zero attached hydrogens (tertiary/aromatic N) is 2. The van der Waals surface area contributed by atoms with Crippen LogP contribution in [-0.4, -0.2) is 21.3 Å². The Morgan fingerprint density at radius 3 is 3.06 bits per heavy atom. The molecule has 0 saturated carbocycles. The Hall–Kier alpha value is -1.89. The summed E-state index contributed by atoms with van der Waals surface area (Å²) in [5.74, 6) is 0. The van der Waals surface area contributed by atoms with E-state index in [0.29, 0.717) is 6.54 Å². The highest BCUT2D eigenvalue weighted by molar-refractivity contribution is 7.15. The number of nitrogens with one attached hydrogen (secondary N) is 2. The molecule has 90 valence electrons. The average molecular weight is 252 g/mol. The molecule has 0 spiro atoms. The lowest BCUT2D eigenvalue weighted by Crippen LogP contribution is -2.28. The first-order chi connectivity index (χ1) is 8.19. The van der Waals surface area contributed by atoms with Gasteiger partial charge in [-0.2, -0.15) is 0 Å². The van der Waals surface area contributed by atoms with E-state index in [0.717, 1.165) is 16.6 Å². The third-order valence-electron chi connectivity index (χ3n) is 2.08. The maximum atomic E-state index is 11.5. The van der Waals surface area contributed by atoms with Crippen molar-refractivity contribution in [1.82, 2.24) is 14.8 Å². The van der Waals surface area contributed by atoms with Crippen LogP contribution in [0.25, 0.3) is 0 Å². The SMILES string of the molecule is CCNc1ncc(Cn2[nH]c(=O)ccc2=O)s1. The summed E-state index contributed by atoms with van der Waals surface area (Å²) in [6.45, 7) is 3.12. The minimum absolute atomic E-state index is 0.233. The highest BCUT2D eigenvalue weighted by Gasteiger charge is 2.03. The van der Waals surface area contributed by atoms with Gasteiger partial charge in [-0.3, -0.25) is 14.7 Å². The Balaban J connectivity index is 2.22. The Bertz CT molecular complexity index is 613. The van der Waals surface area contributed by atoms with Crippen LogP contribution in [-0.2, 0) is 6.54 Å². The maximum absolute atomic E-state index is 11.5. The molecule has 2 N–H and O–H groups in total. The molecule has 2 aromatic rings. The van der Waals surface area contributed by atoms with Gasteiger partial charge in [0.2, 0.25) is 0 Å². The second kappa shape index (κ2) is 4.96. The van der Waals surface area contributed by atoms with Gasteiger partial charge in [-0.15, -0.1) is 11.3 Å². The number of rotatable bonds is 4. The van der Waals surface area contributed by atoms with E-state index < -0.39 is 0 Å². The summed E-state index contributed by atoms with van der Waals surface area (Å²) in [5.41, 5.74) is -0.524. The van der Waals surface area contributed by atoms with Gasteiger partial charge in [-0.25, -0.2) is 9.67 Å². The summed E-state index contributed by atoms with van der Waals surface area (Å²) < 4.78 is 1.27. The first-order valence-corrected chi connectivity index (χ1v) is 5.99. The van der Waals surface area contributed by atoms with Gasteiger partial charge in [-0.05, 0) is 6.92 Å². The van der Waals surface area contributed by atoms with Gasteiger partial charge in [0.1, 0.15) is 0 Å². The first-order valence-electron chi connectivity index (χ1n) is 5.18. The molecule has 0 atom stereocenters. The van der Waals surface area contributed by atoms with Crippen LogP contribution in [0, 0.1) is 0 Å². The van der Waals surface area contributed by atoms with Crippen molar-refractivity contribution >= 4 is 16.5 Å². The Morgan fingerprint density at radius 2 is 2.29 bits per heavy atom. The highest BCUT2D eigenvalue weighted by Crippen LogP contribution is 2.17. The van der Waals surface area contributed by atoms with Crippen molar-refractivity contribution in [2.45, 2.75) is 13.5 Å². The Morgan fingerprint density at radius 1 is 1.47 bits per heavy atom. The summed E-state index contributed by atoms with van der Waals surface area (Å²) in [6.07, 6.45) is 1.69. The Kier molecular flexibility index (Phi) is 3.38. The predicted molar refractivity (Wildman–Crippen MR) is 66.7 cm³/mol. The molecule has 6 nitrogen and oxygen atoms in total. The molecule has 0 saturated heterocycles. The van der Waals surface area contributed by atoms with Gasteiger partial charge in [0.25, 0.3) is 11.1 Å². The second-order valence-corrected chi connectivity index (χ2v) is 4.51. The van der Waals surface area contributed by atoms with Crippen LogP contribution in [0.4, 0.5) is 5.13 Å². The van der Waals surface area contributed by atoms with E-state index in [1.54, 1.807) is 6.20 Å². The quantitative estimate of drug-likeness (QED) is 0.829. The van der Waals surface area contributed by atoms with Crippen molar-refractivity contribution in [2.75, 3.05) is 11.9 Å². The van der Waals surface area contributed by atoms with E-state index in [-0.39, 0.29) is 11.1 Å². The molecule has 0 aliphatic rings. The molecule has 7 heteroatoms. The molecule has 0 aliphatic carbocycles. The molecule has 0 radical (unpaired) electrons. The standard InChI is InChI=1S/C10H12N4O2S/c1-2-11-10-12-5-7(17-10)6-14-9(16)4-3-8(15)13-14/h3-5H,2,6H2,1H3,(H,11,12)(H,13,15). The molecule has 2 rings (SSSR count). The average Bonchev–Trinajstić information content (AvgIpc) is 2.72. The lowest BCUT2D eigenvalue weighted by atomic mass is 10.5. The van der Waals surface area contributed by atoms with Gasteiger partial charge in [0, 0.05) is 29.8 Å². The number of hydrogen-bond acceptors (Lipinski definition) is 5. The topological polar surface area (TPSA) is 79.8 Å². The van der Waals surface area contributed by atoms with E-state index in [1.165, 1.54) is 28.2 Å². The van der Waals surface area contributed by atoms with Crippen molar-refractivity contribution in [1.29, 1.82) is 0 Å². The minimum atomic E-state index is -0.291. The third kappa shape index (κ3) is 2.82. The van der Waals surface area contributed by atoms with Gasteiger partial charge in [-0.1, -0.05) is 0 Å². The van der Waals surface area contributed by atoms with Crippen LogP contribution >= 0.6 is 11.3 Å². The number of H-pyrrole nitrogens is 1. The molecule has 2 heterocycles. The van der Waals surface area contributed by atoms with Crippen LogP contribution in [0.1, 0.15) is 11.8 Å². The van der Waals surface area contributed by atoms with E-state index >= 15 is 0 Å². The lowest BCUT2D eigenvalue weighted by molar-refractivity contribution is 0.633. The number of thiazole rings is 1. The number of anilines is 1. The van der Waals surface area contributed by atoms with E-state index in [2.05, 4.69) is 15.4 Å². The summed E-state index contributed by atoms with van der Waals surface area (Å²) in [5, 5.41) is 6.37. The van der Waals surface area contributed by atoms with Crippen molar-refractivity contribution in [3.8, 4) is 0 Å². The molecular weight excluding hydrogens is 240 g/mol. The van der Waals surface area contributed by atoms with Crippen molar-refractivity contribution in [3.05, 3.63) is 43.9 Å². The molecule has 0 unspecified atom stereocenters. The fraction of sp³-hybridized carbons (Fsp3) is 0.300. The zero-order valence-corrected chi connectivity index (χ0v) is 10.1. The first kappa shape index (κ1) is 11.6.